The molecule has 3 fully saturated rings. The zero-order valence-corrected chi connectivity index (χ0v) is 15.2. The predicted molar refractivity (Wildman–Crippen MR) is 96.5 cm³/mol. The zero-order valence-electron chi connectivity index (χ0n) is 15.2. The summed E-state index contributed by atoms with van der Waals surface area (Å²) >= 11 is 0. The fourth-order valence-electron chi connectivity index (χ4n) is 4.53. The van der Waals surface area contributed by atoms with Gasteiger partial charge in [-0.25, -0.2) is 4.79 Å². The summed E-state index contributed by atoms with van der Waals surface area (Å²) in [6.07, 6.45) is 3.86. The summed E-state index contributed by atoms with van der Waals surface area (Å²) in [4.78, 5) is 29.3. The third-order valence-electron chi connectivity index (χ3n) is 5.95. The molecular weight excluding hydrogens is 314 g/mol. The largest absolute Gasteiger partial charge is 0.340 e. The molecule has 1 aromatic carbocycles. The number of nitrogens with one attached hydrogen (secondary N) is 1. The molecule has 2 heterocycles. The summed E-state index contributed by atoms with van der Waals surface area (Å²) in [6.45, 7) is 7.17. The lowest BCUT2D eigenvalue weighted by Crippen LogP contribution is -2.52. The highest BCUT2D eigenvalue weighted by atomic mass is 16.2. The minimum atomic E-state index is -0.314. The molecule has 3 aliphatic rings. The molecule has 134 valence electrons. The van der Waals surface area contributed by atoms with Crippen LogP contribution in [0.3, 0.4) is 0 Å². The van der Waals surface area contributed by atoms with Crippen molar-refractivity contribution in [3.05, 3.63) is 34.9 Å². The van der Waals surface area contributed by atoms with Crippen molar-refractivity contribution in [2.24, 2.45) is 0 Å². The molecule has 0 radical (unpaired) electrons. The van der Waals surface area contributed by atoms with Crippen molar-refractivity contribution in [1.29, 1.82) is 0 Å². The van der Waals surface area contributed by atoms with Crippen molar-refractivity contribution < 1.29 is 9.59 Å². The molecule has 1 atom stereocenters. The van der Waals surface area contributed by atoms with E-state index in [4.69, 9.17) is 0 Å². The van der Waals surface area contributed by atoms with Crippen LogP contribution in [-0.2, 0) is 10.2 Å². The van der Waals surface area contributed by atoms with Crippen molar-refractivity contribution >= 4 is 11.9 Å². The first-order valence-corrected chi connectivity index (χ1v) is 9.42. The molecule has 1 N–H and O–H groups in total. The van der Waals surface area contributed by atoms with E-state index in [0.29, 0.717) is 6.54 Å². The van der Waals surface area contributed by atoms with Gasteiger partial charge in [0.15, 0.2) is 0 Å². The van der Waals surface area contributed by atoms with Gasteiger partial charge in [-0.2, -0.15) is 0 Å². The van der Waals surface area contributed by atoms with E-state index in [1.807, 2.05) is 9.80 Å². The molecule has 1 saturated carbocycles. The van der Waals surface area contributed by atoms with E-state index < -0.39 is 0 Å². The fourth-order valence-corrected chi connectivity index (χ4v) is 4.53. The molecule has 5 nitrogen and oxygen atoms in total. The molecule has 4 rings (SSSR count). The first-order chi connectivity index (χ1) is 12.0. The highest BCUT2D eigenvalue weighted by Gasteiger charge is 2.53. The van der Waals surface area contributed by atoms with Gasteiger partial charge in [0.2, 0.25) is 5.91 Å². The van der Waals surface area contributed by atoms with Crippen molar-refractivity contribution in [2.75, 3.05) is 26.2 Å². The molecule has 25 heavy (non-hydrogen) atoms. The number of likely N-dealkylation sites (tertiary alicyclic amines) is 1. The zero-order chi connectivity index (χ0) is 17.6. The normalized spacial score (nSPS) is 25.0. The van der Waals surface area contributed by atoms with Gasteiger partial charge < -0.3 is 15.1 Å². The van der Waals surface area contributed by atoms with Crippen LogP contribution in [-0.4, -0.2) is 54.0 Å². The number of carbonyl (C=O) groups excluding carboxylic acids is 2. The number of urea groups is 1. The van der Waals surface area contributed by atoms with Gasteiger partial charge in [0, 0.05) is 26.2 Å². The summed E-state index contributed by atoms with van der Waals surface area (Å²) < 4.78 is 0. The van der Waals surface area contributed by atoms with E-state index in [1.165, 1.54) is 16.7 Å². The summed E-state index contributed by atoms with van der Waals surface area (Å²) in [5.74, 6) is 0.266. The lowest BCUT2D eigenvalue weighted by molar-refractivity contribution is -0.135. The quantitative estimate of drug-likeness (QED) is 0.917. The number of benzene rings is 1. The Morgan fingerprint density at radius 1 is 1.16 bits per heavy atom. The molecule has 5 heteroatoms. The second kappa shape index (κ2) is 6.04. The first-order valence-electron chi connectivity index (χ1n) is 9.42. The minimum absolute atomic E-state index is 0.0229. The average molecular weight is 341 g/mol. The molecule has 2 aliphatic heterocycles. The van der Waals surface area contributed by atoms with E-state index in [2.05, 4.69) is 37.4 Å². The Hall–Kier alpha value is -2.04. The number of carbonyl (C=O) groups is 2. The highest BCUT2D eigenvalue weighted by Crippen LogP contribution is 2.50. The maximum atomic E-state index is 13.4. The highest BCUT2D eigenvalue weighted by molar-refractivity contribution is 5.91. The van der Waals surface area contributed by atoms with Crippen molar-refractivity contribution in [1.82, 2.24) is 15.1 Å². The van der Waals surface area contributed by atoms with E-state index in [9.17, 15) is 9.59 Å². The number of rotatable bonds is 3. The number of nitrogens with zero attached hydrogens (tertiary/aromatic N) is 2. The molecular formula is C20H27N3O2. The molecule has 1 aliphatic carbocycles. The van der Waals surface area contributed by atoms with Crippen molar-refractivity contribution in [3.63, 3.8) is 0 Å². The van der Waals surface area contributed by atoms with Gasteiger partial charge in [-0.05, 0) is 45.1 Å². The second-order valence-electron chi connectivity index (χ2n) is 7.93. The van der Waals surface area contributed by atoms with E-state index in [1.54, 1.807) is 0 Å². The number of amides is 3. The average Bonchev–Trinajstić information content (AvgIpc) is 3.29. The van der Waals surface area contributed by atoms with Gasteiger partial charge in [0.25, 0.3) is 0 Å². The van der Waals surface area contributed by atoms with Gasteiger partial charge in [-0.15, -0.1) is 0 Å². The van der Waals surface area contributed by atoms with Crippen LogP contribution in [0.1, 0.15) is 42.4 Å². The third-order valence-corrected chi connectivity index (χ3v) is 5.95. The number of aryl methyl sites for hydroxylation is 2. The fraction of sp³-hybridized carbons (Fsp3) is 0.600. The third kappa shape index (κ3) is 2.90. The van der Waals surface area contributed by atoms with Gasteiger partial charge in [0.1, 0.15) is 0 Å². The van der Waals surface area contributed by atoms with Gasteiger partial charge >= 0.3 is 6.03 Å². The van der Waals surface area contributed by atoms with Crippen LogP contribution in [0.2, 0.25) is 0 Å². The van der Waals surface area contributed by atoms with Crippen LogP contribution in [0.4, 0.5) is 4.79 Å². The maximum Gasteiger partial charge on any atom is 0.317 e. The van der Waals surface area contributed by atoms with Gasteiger partial charge in [0.05, 0.1) is 11.5 Å². The lowest BCUT2D eigenvalue weighted by atomic mass is 9.90. The molecule has 2 saturated heterocycles. The molecule has 0 spiro atoms. The Bertz CT molecular complexity index is 691. The summed E-state index contributed by atoms with van der Waals surface area (Å²) in [5.41, 5.74) is 3.31. The number of hydrogen-bond acceptors (Lipinski definition) is 2. The van der Waals surface area contributed by atoms with Crippen LogP contribution < -0.4 is 5.32 Å². The Morgan fingerprint density at radius 3 is 2.48 bits per heavy atom. The first kappa shape index (κ1) is 16.4. The number of piperidine rings is 1. The SMILES string of the molecule is Cc1cc(C)cc(C2(C(=O)N3CCC[C@@H](N4CCNC4=O)C3)CC2)c1. The predicted octanol–water partition coefficient (Wildman–Crippen LogP) is 2.35. The van der Waals surface area contributed by atoms with Gasteiger partial charge in [-0.3, -0.25) is 4.79 Å². The van der Waals surface area contributed by atoms with E-state index >= 15 is 0 Å². The standard InChI is InChI=1S/C20H27N3O2/c1-14-10-15(2)12-16(11-14)20(5-6-20)18(24)22-8-3-4-17(13-22)23-9-7-21-19(23)25/h10-12,17H,3-9,13H2,1-2H3,(H,21,25)/t17-/m1/s1. The monoisotopic (exact) mass is 341 g/mol. The topological polar surface area (TPSA) is 52.7 Å². The maximum absolute atomic E-state index is 13.4. The van der Waals surface area contributed by atoms with E-state index in [-0.39, 0.29) is 23.4 Å². The van der Waals surface area contributed by atoms with Crippen LogP contribution in [0, 0.1) is 13.8 Å². The van der Waals surface area contributed by atoms with Crippen LogP contribution in [0.5, 0.6) is 0 Å². The van der Waals surface area contributed by atoms with Crippen molar-refractivity contribution in [2.45, 2.75) is 51.0 Å². The van der Waals surface area contributed by atoms with Crippen LogP contribution >= 0.6 is 0 Å². The minimum Gasteiger partial charge on any atom is -0.340 e. The van der Waals surface area contributed by atoms with Crippen molar-refractivity contribution in [3.8, 4) is 0 Å². The van der Waals surface area contributed by atoms with Gasteiger partial charge in [-0.1, -0.05) is 29.3 Å². The summed E-state index contributed by atoms with van der Waals surface area (Å²) in [7, 11) is 0. The summed E-state index contributed by atoms with van der Waals surface area (Å²) in [5, 5.41) is 2.88. The molecule has 0 bridgehead atoms. The number of hydrogen-bond donors (Lipinski definition) is 1. The lowest BCUT2D eigenvalue weighted by Gasteiger charge is -2.38. The summed E-state index contributed by atoms with van der Waals surface area (Å²) in [6, 6.07) is 6.69. The Kier molecular flexibility index (Phi) is 3.97. The molecule has 0 aromatic heterocycles. The smallest absolute Gasteiger partial charge is 0.317 e. The Morgan fingerprint density at radius 2 is 1.88 bits per heavy atom. The van der Waals surface area contributed by atoms with Crippen LogP contribution in [0.15, 0.2) is 18.2 Å². The molecule has 0 unspecified atom stereocenters. The van der Waals surface area contributed by atoms with Crippen LogP contribution in [0.25, 0.3) is 0 Å². The molecule has 3 amide bonds. The Balaban J connectivity index is 1.53. The Labute approximate surface area is 149 Å². The van der Waals surface area contributed by atoms with E-state index in [0.717, 1.165) is 45.3 Å². The molecule has 1 aromatic rings. The second-order valence-corrected chi connectivity index (χ2v) is 7.93.